The minimum Gasteiger partial charge on any atom is -0.501 e. The van der Waals surface area contributed by atoms with Crippen LogP contribution in [0.3, 0.4) is 0 Å². The first-order valence-corrected chi connectivity index (χ1v) is 2.75. The van der Waals surface area contributed by atoms with Crippen LogP contribution < -0.4 is 5.11 Å². The van der Waals surface area contributed by atoms with Gasteiger partial charge in [-0.05, 0) is 11.4 Å². The number of rotatable bonds is 1. The molecule has 0 spiro atoms. The van der Waals surface area contributed by atoms with Gasteiger partial charge in [0, 0.05) is 6.07 Å². The molecule has 1 N–H and O–H groups in total. The number of thiophene rings is 1. The first-order valence-electron chi connectivity index (χ1n) is 1.87. The summed E-state index contributed by atoms with van der Waals surface area (Å²) in [6.45, 7) is 0. The van der Waals surface area contributed by atoms with Gasteiger partial charge in [-0.15, -0.1) is 0 Å². The fraction of sp³-hybridized carbons (Fsp3) is 0. The highest BCUT2D eigenvalue weighted by Crippen LogP contribution is 2.06. The van der Waals surface area contributed by atoms with Crippen molar-refractivity contribution in [2.75, 3.05) is 0 Å². The van der Waals surface area contributed by atoms with Gasteiger partial charge in [0.05, 0.1) is 0 Å². The van der Waals surface area contributed by atoms with Crippen LogP contribution in [0.4, 0.5) is 5.00 Å². The lowest BCUT2D eigenvalue weighted by atomic mass is 10.6. The lowest BCUT2D eigenvalue weighted by Crippen LogP contribution is -2.53. The molecule has 36 valence electrons. The van der Waals surface area contributed by atoms with Gasteiger partial charge in [-0.1, -0.05) is 11.3 Å². The van der Waals surface area contributed by atoms with Crippen molar-refractivity contribution in [1.82, 2.24) is 0 Å². The summed E-state index contributed by atoms with van der Waals surface area (Å²) >= 11 is 1.46. The molecule has 0 saturated carbocycles. The van der Waals surface area contributed by atoms with Crippen molar-refractivity contribution in [3.05, 3.63) is 23.0 Å². The van der Waals surface area contributed by atoms with Gasteiger partial charge >= 0.3 is 0 Å². The van der Waals surface area contributed by atoms with E-state index >= 15 is 0 Å². The molecule has 0 bridgehead atoms. The van der Waals surface area contributed by atoms with Crippen molar-refractivity contribution in [3.8, 4) is 0 Å². The molecule has 0 aliphatic rings. The molecule has 7 heavy (non-hydrogen) atoms. The second-order valence-electron chi connectivity index (χ2n) is 1.09. The zero-order valence-corrected chi connectivity index (χ0v) is 4.40. The van der Waals surface area contributed by atoms with Gasteiger partial charge in [0.1, 0.15) is 0 Å². The predicted molar refractivity (Wildman–Crippen MR) is 28.3 cm³/mol. The summed E-state index contributed by atoms with van der Waals surface area (Å²) in [5, 5.41) is 4.69. The number of hydrogen-bond acceptors (Lipinski definition) is 1. The SMILES string of the molecule is [N-]=[NH+]c1cccs1. The highest BCUT2D eigenvalue weighted by molar-refractivity contribution is 7.13. The van der Waals surface area contributed by atoms with E-state index < -0.39 is 0 Å². The van der Waals surface area contributed by atoms with E-state index in [1.165, 1.54) is 11.3 Å². The number of nitrogens with zero attached hydrogens (tertiary/aromatic N) is 1. The average molecular weight is 112 g/mol. The second kappa shape index (κ2) is 1.84. The minimum atomic E-state index is 0.778. The fourth-order valence-electron chi connectivity index (χ4n) is 0.342. The van der Waals surface area contributed by atoms with Gasteiger partial charge in [-0.3, -0.25) is 5.11 Å². The van der Waals surface area contributed by atoms with Gasteiger partial charge in [0.25, 0.3) is 0 Å². The predicted octanol–water partition coefficient (Wildman–Crippen LogP) is 0.482. The van der Waals surface area contributed by atoms with Crippen molar-refractivity contribution in [3.63, 3.8) is 0 Å². The molecule has 3 heteroatoms. The molecule has 1 rings (SSSR count). The van der Waals surface area contributed by atoms with Crippen LogP contribution in [0, 0.1) is 0 Å². The molecule has 0 aromatic carbocycles. The molecule has 0 radical (unpaired) electrons. The Bertz CT molecular complexity index is 145. The first kappa shape index (κ1) is 4.46. The maximum absolute atomic E-state index is 8.19. The van der Waals surface area contributed by atoms with Gasteiger partial charge in [-0.2, -0.15) is 0 Å². The smallest absolute Gasteiger partial charge is 0.248 e. The molecule has 0 aliphatic heterocycles. The Morgan fingerprint density at radius 2 is 2.57 bits per heavy atom. The third-order valence-corrected chi connectivity index (χ3v) is 1.41. The minimum absolute atomic E-state index is 0.778. The van der Waals surface area contributed by atoms with E-state index in [1.54, 1.807) is 6.07 Å². The zero-order valence-electron chi connectivity index (χ0n) is 3.59. The lowest BCUT2D eigenvalue weighted by molar-refractivity contribution is -0.374. The second-order valence-corrected chi connectivity index (χ2v) is 2.04. The third-order valence-electron chi connectivity index (χ3n) is 0.631. The van der Waals surface area contributed by atoms with Gasteiger partial charge < -0.3 is 5.53 Å². The summed E-state index contributed by atoms with van der Waals surface area (Å²) < 4.78 is 0. The van der Waals surface area contributed by atoms with Crippen molar-refractivity contribution in [1.29, 1.82) is 0 Å². The summed E-state index contributed by atoms with van der Waals surface area (Å²) in [7, 11) is 0. The maximum atomic E-state index is 8.19. The van der Waals surface area contributed by atoms with E-state index in [1.807, 2.05) is 16.6 Å². The van der Waals surface area contributed by atoms with E-state index in [4.69, 9.17) is 5.53 Å². The molecule has 0 unspecified atom stereocenters. The fourth-order valence-corrected chi connectivity index (χ4v) is 0.856. The van der Waals surface area contributed by atoms with Crippen LogP contribution in [0.1, 0.15) is 0 Å². The van der Waals surface area contributed by atoms with Crippen LogP contribution in [-0.4, -0.2) is 0 Å². The van der Waals surface area contributed by atoms with Crippen molar-refractivity contribution in [2.24, 2.45) is 0 Å². The Hall–Kier alpha value is -0.700. The Morgan fingerprint density at radius 3 is 2.86 bits per heavy atom. The Kier molecular flexibility index (Phi) is 1.17. The van der Waals surface area contributed by atoms with E-state index in [2.05, 4.69) is 0 Å². The van der Waals surface area contributed by atoms with E-state index in [9.17, 15) is 0 Å². The zero-order chi connectivity index (χ0) is 5.11. The summed E-state index contributed by atoms with van der Waals surface area (Å²) in [5.74, 6) is 0. The summed E-state index contributed by atoms with van der Waals surface area (Å²) in [4.78, 5) is 0. The Balaban J connectivity index is 2.96. The maximum Gasteiger partial charge on any atom is 0.248 e. The summed E-state index contributed by atoms with van der Waals surface area (Å²) in [5.41, 5.74) is 8.19. The van der Waals surface area contributed by atoms with Gasteiger partial charge in [0.2, 0.25) is 5.00 Å². The molecular formula is C4H4N2S. The van der Waals surface area contributed by atoms with E-state index in [-0.39, 0.29) is 0 Å². The van der Waals surface area contributed by atoms with Crippen molar-refractivity contribution in [2.45, 2.75) is 0 Å². The highest BCUT2D eigenvalue weighted by Gasteiger charge is 1.85. The Labute approximate surface area is 45.3 Å². The molecule has 0 saturated heterocycles. The normalized spacial score (nSPS) is 8.57. The Morgan fingerprint density at radius 1 is 1.71 bits per heavy atom. The molecule has 1 heterocycles. The molecule has 0 amide bonds. The van der Waals surface area contributed by atoms with Crippen molar-refractivity contribution < 1.29 is 5.11 Å². The number of hydrogen-bond donors (Lipinski definition) is 1. The first-order chi connectivity index (χ1) is 3.43. The monoisotopic (exact) mass is 112 g/mol. The van der Waals surface area contributed by atoms with Crippen LogP contribution in [0.2, 0.25) is 0 Å². The molecule has 0 atom stereocenters. The largest absolute Gasteiger partial charge is 0.501 e. The van der Waals surface area contributed by atoms with Crippen LogP contribution in [0.5, 0.6) is 0 Å². The molecule has 1 aromatic heterocycles. The highest BCUT2D eigenvalue weighted by atomic mass is 32.1. The summed E-state index contributed by atoms with van der Waals surface area (Å²) in [6.07, 6.45) is 0. The van der Waals surface area contributed by atoms with Crippen LogP contribution >= 0.6 is 11.3 Å². The molecule has 0 fully saturated rings. The van der Waals surface area contributed by atoms with Crippen LogP contribution in [0.15, 0.2) is 17.5 Å². The van der Waals surface area contributed by atoms with E-state index in [0.29, 0.717) is 0 Å². The quantitative estimate of drug-likeness (QED) is 0.513. The lowest BCUT2D eigenvalue weighted by Gasteiger charge is -1.70. The van der Waals surface area contributed by atoms with Gasteiger partial charge in [0.15, 0.2) is 0 Å². The third kappa shape index (κ3) is 0.838. The molecular weight excluding hydrogens is 108 g/mol. The molecule has 0 aliphatic carbocycles. The molecule has 1 aromatic rings. The van der Waals surface area contributed by atoms with Crippen molar-refractivity contribution >= 4 is 16.3 Å². The topological polar surface area (TPSA) is 36.3 Å². The number of nitrogens with one attached hydrogen (secondary N) is 1. The standard InChI is InChI=1S/C4H4N2S/c5-6-4-2-1-3-7-4/h1-3,6H. The molecule has 2 nitrogen and oxygen atoms in total. The van der Waals surface area contributed by atoms with Crippen LogP contribution in [0.25, 0.3) is 5.53 Å². The van der Waals surface area contributed by atoms with E-state index in [0.717, 1.165) is 5.00 Å². The van der Waals surface area contributed by atoms with Gasteiger partial charge in [-0.25, -0.2) is 0 Å². The average Bonchev–Trinajstić information content (AvgIpc) is 2.14. The van der Waals surface area contributed by atoms with Crippen LogP contribution in [-0.2, 0) is 0 Å². The summed E-state index contributed by atoms with van der Waals surface area (Å²) in [6, 6.07) is 3.66.